The largest absolute Gasteiger partial charge is 0.417 e. The van der Waals surface area contributed by atoms with Gasteiger partial charge in [0.15, 0.2) is 0 Å². The van der Waals surface area contributed by atoms with Crippen molar-refractivity contribution in [1.29, 1.82) is 0 Å². The molecule has 0 bridgehead atoms. The highest BCUT2D eigenvalue weighted by Gasteiger charge is 2.39. The van der Waals surface area contributed by atoms with Crippen LogP contribution < -0.4 is 0 Å². The van der Waals surface area contributed by atoms with Gasteiger partial charge in [-0.15, -0.1) is 0 Å². The van der Waals surface area contributed by atoms with Crippen molar-refractivity contribution in [3.63, 3.8) is 0 Å². The second-order valence-electron chi connectivity index (χ2n) is 4.25. The molecule has 0 saturated heterocycles. The van der Waals surface area contributed by atoms with E-state index in [4.69, 9.17) is 11.6 Å². The predicted molar refractivity (Wildman–Crippen MR) is 66.9 cm³/mol. The summed E-state index contributed by atoms with van der Waals surface area (Å²) < 4.78 is 76.9. The van der Waals surface area contributed by atoms with Crippen molar-refractivity contribution in [1.82, 2.24) is 0 Å². The van der Waals surface area contributed by atoms with E-state index in [1.165, 1.54) is 24.3 Å². The molecule has 0 aliphatic carbocycles. The van der Waals surface area contributed by atoms with Gasteiger partial charge in [0.1, 0.15) is 0 Å². The van der Waals surface area contributed by atoms with Crippen molar-refractivity contribution < 1.29 is 26.3 Å². The Morgan fingerprint density at radius 2 is 1.33 bits per heavy atom. The van der Waals surface area contributed by atoms with Crippen LogP contribution in [-0.2, 0) is 12.4 Å². The van der Waals surface area contributed by atoms with Gasteiger partial charge >= 0.3 is 12.4 Å². The van der Waals surface area contributed by atoms with Gasteiger partial charge in [0.05, 0.1) is 16.1 Å². The summed E-state index contributed by atoms with van der Waals surface area (Å²) in [6.07, 6.45) is -9.87. The average Bonchev–Trinajstić information content (AvgIpc) is 2.37. The van der Waals surface area contributed by atoms with E-state index in [0.717, 1.165) is 0 Å². The maximum absolute atomic E-state index is 12.9. The minimum Gasteiger partial charge on any atom is -0.166 e. The fourth-order valence-corrected chi connectivity index (χ4v) is 2.15. The summed E-state index contributed by atoms with van der Waals surface area (Å²) in [4.78, 5) is 0. The summed E-state index contributed by atoms with van der Waals surface area (Å²) >= 11 is 5.66. The Balaban J connectivity index is 2.76. The SMILES string of the molecule is FC(F)(F)c1cc(-c2ccccc2)c(Cl)c(C(F)(F)F)c1. The monoisotopic (exact) mass is 324 g/mol. The Labute approximate surface area is 121 Å². The summed E-state index contributed by atoms with van der Waals surface area (Å²) in [6, 6.07) is 8.01. The quantitative estimate of drug-likeness (QED) is 0.561. The molecule has 7 heteroatoms. The number of hydrogen-bond donors (Lipinski definition) is 0. The second kappa shape index (κ2) is 5.26. The van der Waals surface area contributed by atoms with Crippen LogP contribution in [0.5, 0.6) is 0 Å². The van der Waals surface area contributed by atoms with Crippen LogP contribution in [-0.4, -0.2) is 0 Å². The minimum atomic E-state index is -4.97. The molecule has 0 fully saturated rings. The molecule has 2 aromatic carbocycles. The number of rotatable bonds is 1. The van der Waals surface area contributed by atoms with E-state index in [-0.39, 0.29) is 17.2 Å². The Morgan fingerprint density at radius 1 is 0.762 bits per heavy atom. The van der Waals surface area contributed by atoms with Crippen molar-refractivity contribution in [2.45, 2.75) is 12.4 Å². The predicted octanol–water partition coefficient (Wildman–Crippen LogP) is 6.04. The molecule has 2 aromatic rings. The van der Waals surface area contributed by atoms with Crippen LogP contribution in [0.1, 0.15) is 11.1 Å². The molecule has 2 rings (SSSR count). The van der Waals surface area contributed by atoms with E-state index >= 15 is 0 Å². The molecule has 21 heavy (non-hydrogen) atoms. The van der Waals surface area contributed by atoms with Gasteiger partial charge in [0.2, 0.25) is 0 Å². The van der Waals surface area contributed by atoms with Gasteiger partial charge in [-0.2, -0.15) is 26.3 Å². The standard InChI is InChI=1S/C14H7ClF6/c15-12-10(8-4-2-1-3-5-8)6-9(13(16,17)18)7-11(12)14(19,20)21/h1-7H. The first-order valence-corrected chi connectivity index (χ1v) is 6.02. The zero-order valence-electron chi connectivity index (χ0n) is 10.2. The minimum absolute atomic E-state index is 0.0226. The summed E-state index contributed by atoms with van der Waals surface area (Å²) in [6.45, 7) is 0. The normalized spacial score (nSPS) is 12.5. The molecule has 0 aliphatic rings. The van der Waals surface area contributed by atoms with Crippen molar-refractivity contribution >= 4 is 11.6 Å². The van der Waals surface area contributed by atoms with Crippen LogP contribution in [0.2, 0.25) is 5.02 Å². The molecule has 0 N–H and O–H groups in total. The average molecular weight is 325 g/mol. The first kappa shape index (κ1) is 15.7. The van der Waals surface area contributed by atoms with E-state index in [1.54, 1.807) is 6.07 Å². The number of hydrogen-bond acceptors (Lipinski definition) is 0. The third kappa shape index (κ3) is 3.32. The molecule has 0 heterocycles. The van der Waals surface area contributed by atoms with Gasteiger partial charge in [-0.05, 0) is 17.7 Å². The Bertz CT molecular complexity index is 643. The molecular weight excluding hydrogens is 318 g/mol. The molecule has 0 radical (unpaired) electrons. The maximum atomic E-state index is 12.9. The molecule has 0 spiro atoms. The second-order valence-corrected chi connectivity index (χ2v) is 4.62. The van der Waals surface area contributed by atoms with Crippen molar-refractivity contribution in [3.05, 3.63) is 58.6 Å². The van der Waals surface area contributed by atoms with Crippen LogP contribution in [0.25, 0.3) is 11.1 Å². The van der Waals surface area contributed by atoms with Gasteiger partial charge in [-0.1, -0.05) is 41.9 Å². The topological polar surface area (TPSA) is 0 Å². The molecule has 0 saturated carbocycles. The van der Waals surface area contributed by atoms with Gasteiger partial charge < -0.3 is 0 Å². The third-order valence-corrected chi connectivity index (χ3v) is 3.20. The molecule has 0 nitrogen and oxygen atoms in total. The van der Waals surface area contributed by atoms with E-state index in [2.05, 4.69) is 0 Å². The van der Waals surface area contributed by atoms with E-state index in [0.29, 0.717) is 6.07 Å². The van der Waals surface area contributed by atoms with E-state index in [9.17, 15) is 26.3 Å². The van der Waals surface area contributed by atoms with E-state index < -0.39 is 28.5 Å². The van der Waals surface area contributed by atoms with Gasteiger partial charge in [0.25, 0.3) is 0 Å². The maximum Gasteiger partial charge on any atom is 0.417 e. The van der Waals surface area contributed by atoms with Crippen LogP contribution in [0.4, 0.5) is 26.3 Å². The number of alkyl halides is 6. The molecule has 0 unspecified atom stereocenters. The fraction of sp³-hybridized carbons (Fsp3) is 0.143. The van der Waals surface area contributed by atoms with Gasteiger partial charge in [-0.25, -0.2) is 0 Å². The van der Waals surface area contributed by atoms with Crippen molar-refractivity contribution in [2.75, 3.05) is 0 Å². The summed E-state index contributed by atoms with van der Waals surface area (Å²) in [7, 11) is 0. The lowest BCUT2D eigenvalue weighted by atomic mass is 9.99. The summed E-state index contributed by atoms with van der Waals surface area (Å²) in [5.41, 5.74) is -3.02. The first-order valence-electron chi connectivity index (χ1n) is 5.64. The molecule has 0 amide bonds. The van der Waals surface area contributed by atoms with Gasteiger partial charge in [0, 0.05) is 5.56 Å². The summed E-state index contributed by atoms with van der Waals surface area (Å²) in [5, 5.41) is -0.748. The zero-order chi connectivity index (χ0) is 15.8. The highest BCUT2D eigenvalue weighted by atomic mass is 35.5. The van der Waals surface area contributed by atoms with Crippen LogP contribution in [0.3, 0.4) is 0 Å². The Kier molecular flexibility index (Phi) is 3.93. The van der Waals surface area contributed by atoms with E-state index in [1.807, 2.05) is 0 Å². The third-order valence-electron chi connectivity index (χ3n) is 2.79. The molecular formula is C14H7ClF6. The van der Waals surface area contributed by atoms with Crippen molar-refractivity contribution in [3.8, 4) is 11.1 Å². The smallest absolute Gasteiger partial charge is 0.166 e. The number of benzene rings is 2. The highest BCUT2D eigenvalue weighted by Crippen LogP contribution is 2.43. The molecule has 0 atom stereocenters. The highest BCUT2D eigenvalue weighted by molar-refractivity contribution is 6.34. The number of halogens is 7. The van der Waals surface area contributed by atoms with Gasteiger partial charge in [-0.3, -0.25) is 0 Å². The lowest BCUT2D eigenvalue weighted by Gasteiger charge is -2.16. The van der Waals surface area contributed by atoms with Crippen LogP contribution >= 0.6 is 11.6 Å². The lowest BCUT2D eigenvalue weighted by Crippen LogP contribution is -2.12. The fourth-order valence-electron chi connectivity index (χ4n) is 1.82. The summed E-state index contributed by atoms with van der Waals surface area (Å²) in [5.74, 6) is 0. The van der Waals surface area contributed by atoms with Crippen LogP contribution in [0.15, 0.2) is 42.5 Å². The van der Waals surface area contributed by atoms with Crippen molar-refractivity contribution in [2.24, 2.45) is 0 Å². The molecule has 0 aromatic heterocycles. The van der Waals surface area contributed by atoms with Crippen LogP contribution in [0, 0.1) is 0 Å². The lowest BCUT2D eigenvalue weighted by molar-refractivity contribution is -0.142. The zero-order valence-corrected chi connectivity index (χ0v) is 10.9. The molecule has 112 valence electrons. The first-order chi connectivity index (χ1) is 9.60. The Morgan fingerprint density at radius 3 is 1.81 bits per heavy atom. The molecule has 0 aliphatic heterocycles. The Hall–Kier alpha value is -1.69.